The molecule has 3 unspecified atom stereocenters. The molecule has 0 aromatic carbocycles. The van der Waals surface area contributed by atoms with E-state index in [1.54, 1.807) is 7.11 Å². The van der Waals surface area contributed by atoms with E-state index in [1.165, 1.54) is 0 Å². The molecular formula is C13H28N2O3. The van der Waals surface area contributed by atoms with Gasteiger partial charge in [0.05, 0.1) is 25.9 Å². The van der Waals surface area contributed by atoms with Gasteiger partial charge in [-0.15, -0.1) is 0 Å². The quantitative estimate of drug-likeness (QED) is 0.599. The van der Waals surface area contributed by atoms with E-state index in [9.17, 15) is 5.11 Å². The monoisotopic (exact) mass is 260 g/mol. The number of aliphatic hydroxyl groups is 1. The van der Waals surface area contributed by atoms with Crippen LogP contribution in [-0.2, 0) is 9.47 Å². The van der Waals surface area contributed by atoms with E-state index in [-0.39, 0.29) is 0 Å². The van der Waals surface area contributed by atoms with Crippen LogP contribution in [-0.4, -0.2) is 75.8 Å². The first kappa shape index (κ1) is 15.9. The molecule has 0 radical (unpaired) electrons. The number of methoxy groups -OCH3 is 1. The van der Waals surface area contributed by atoms with Crippen molar-refractivity contribution in [2.24, 2.45) is 5.92 Å². The van der Waals surface area contributed by atoms with E-state index in [0.29, 0.717) is 38.3 Å². The zero-order chi connectivity index (χ0) is 13.4. The van der Waals surface area contributed by atoms with Crippen LogP contribution in [0.15, 0.2) is 0 Å². The van der Waals surface area contributed by atoms with Crippen molar-refractivity contribution >= 4 is 0 Å². The standard InChI is InChI=1S/C13H28N2O3/c1-11-8-15(5-4-13(11)14-2)9-12(16)10-18-7-6-17-3/h11-14,16H,4-10H2,1-3H3. The molecule has 108 valence electrons. The third kappa shape index (κ3) is 5.63. The van der Waals surface area contributed by atoms with E-state index >= 15 is 0 Å². The van der Waals surface area contributed by atoms with Crippen LogP contribution >= 0.6 is 0 Å². The highest BCUT2D eigenvalue weighted by Gasteiger charge is 2.25. The van der Waals surface area contributed by atoms with E-state index in [1.807, 2.05) is 7.05 Å². The Labute approximate surface area is 110 Å². The number of nitrogens with zero attached hydrogens (tertiary/aromatic N) is 1. The maximum Gasteiger partial charge on any atom is 0.0900 e. The maximum absolute atomic E-state index is 9.89. The Morgan fingerprint density at radius 2 is 2.22 bits per heavy atom. The summed E-state index contributed by atoms with van der Waals surface area (Å²) in [7, 11) is 3.67. The largest absolute Gasteiger partial charge is 0.389 e. The van der Waals surface area contributed by atoms with Gasteiger partial charge in [0.2, 0.25) is 0 Å². The van der Waals surface area contributed by atoms with Gasteiger partial charge in [-0.3, -0.25) is 0 Å². The zero-order valence-corrected chi connectivity index (χ0v) is 11.9. The zero-order valence-electron chi connectivity index (χ0n) is 11.9. The Balaban J connectivity index is 2.14. The normalized spacial score (nSPS) is 27.3. The number of hydrogen-bond donors (Lipinski definition) is 2. The predicted molar refractivity (Wildman–Crippen MR) is 71.8 cm³/mol. The molecule has 2 N–H and O–H groups in total. The highest BCUT2D eigenvalue weighted by molar-refractivity contribution is 4.82. The van der Waals surface area contributed by atoms with Crippen LogP contribution < -0.4 is 5.32 Å². The van der Waals surface area contributed by atoms with Crippen molar-refractivity contribution in [2.45, 2.75) is 25.5 Å². The van der Waals surface area contributed by atoms with Crippen molar-refractivity contribution in [3.63, 3.8) is 0 Å². The number of β-amino-alcohol motifs (C(OH)–C–C–N with tert-alkyl or cyclic N) is 1. The fourth-order valence-corrected chi connectivity index (χ4v) is 2.54. The van der Waals surface area contributed by atoms with Gasteiger partial charge in [-0.1, -0.05) is 6.92 Å². The summed E-state index contributed by atoms with van der Waals surface area (Å²) in [5.41, 5.74) is 0. The highest BCUT2D eigenvalue weighted by atomic mass is 16.5. The molecule has 18 heavy (non-hydrogen) atoms. The predicted octanol–water partition coefficient (Wildman–Crippen LogP) is -0.0599. The van der Waals surface area contributed by atoms with Gasteiger partial charge in [0.25, 0.3) is 0 Å². The van der Waals surface area contributed by atoms with E-state index < -0.39 is 6.10 Å². The second kappa shape index (κ2) is 8.82. The van der Waals surface area contributed by atoms with Crippen LogP contribution in [0.5, 0.6) is 0 Å². The molecule has 0 aliphatic carbocycles. The summed E-state index contributed by atoms with van der Waals surface area (Å²) in [6.07, 6.45) is 0.745. The summed E-state index contributed by atoms with van der Waals surface area (Å²) in [4.78, 5) is 2.32. The van der Waals surface area contributed by atoms with Crippen molar-refractivity contribution in [2.75, 3.05) is 53.6 Å². The second-order valence-corrected chi connectivity index (χ2v) is 5.14. The molecule has 0 aromatic heterocycles. The molecule has 3 atom stereocenters. The van der Waals surface area contributed by atoms with Crippen molar-refractivity contribution in [3.05, 3.63) is 0 Å². The summed E-state index contributed by atoms with van der Waals surface area (Å²) in [6, 6.07) is 0.608. The lowest BCUT2D eigenvalue weighted by Crippen LogP contribution is -2.49. The van der Waals surface area contributed by atoms with Crippen LogP contribution in [0.2, 0.25) is 0 Å². The molecular weight excluding hydrogens is 232 g/mol. The average Bonchev–Trinajstić information content (AvgIpc) is 2.35. The molecule has 1 heterocycles. The van der Waals surface area contributed by atoms with Gasteiger partial charge >= 0.3 is 0 Å². The van der Waals surface area contributed by atoms with Crippen molar-refractivity contribution in [3.8, 4) is 0 Å². The smallest absolute Gasteiger partial charge is 0.0900 e. The fourth-order valence-electron chi connectivity index (χ4n) is 2.54. The van der Waals surface area contributed by atoms with Crippen LogP contribution in [0.1, 0.15) is 13.3 Å². The van der Waals surface area contributed by atoms with E-state index in [4.69, 9.17) is 9.47 Å². The maximum atomic E-state index is 9.89. The van der Waals surface area contributed by atoms with Gasteiger partial charge in [0.1, 0.15) is 0 Å². The number of likely N-dealkylation sites (tertiary alicyclic amines) is 1. The molecule has 0 amide bonds. The summed E-state index contributed by atoms with van der Waals surface area (Å²) in [5, 5.41) is 13.2. The van der Waals surface area contributed by atoms with Gasteiger partial charge in [-0.25, -0.2) is 0 Å². The molecule has 0 spiro atoms. The molecule has 1 aliphatic rings. The number of nitrogens with one attached hydrogen (secondary N) is 1. The Morgan fingerprint density at radius 3 is 2.83 bits per heavy atom. The Kier molecular flexibility index (Phi) is 7.77. The van der Waals surface area contributed by atoms with Gasteiger partial charge < -0.3 is 24.8 Å². The fraction of sp³-hybridized carbons (Fsp3) is 1.00. The number of hydrogen-bond acceptors (Lipinski definition) is 5. The third-order valence-corrected chi connectivity index (χ3v) is 3.57. The van der Waals surface area contributed by atoms with E-state index in [0.717, 1.165) is 19.5 Å². The van der Waals surface area contributed by atoms with Gasteiger partial charge in [0.15, 0.2) is 0 Å². The van der Waals surface area contributed by atoms with Gasteiger partial charge in [-0.05, 0) is 25.9 Å². The summed E-state index contributed by atoms with van der Waals surface area (Å²) >= 11 is 0. The Bertz CT molecular complexity index is 216. The number of piperidine rings is 1. The van der Waals surface area contributed by atoms with Crippen LogP contribution in [0.25, 0.3) is 0 Å². The lowest BCUT2D eigenvalue weighted by molar-refractivity contribution is -0.00697. The van der Waals surface area contributed by atoms with Gasteiger partial charge in [0, 0.05) is 26.2 Å². The summed E-state index contributed by atoms with van der Waals surface area (Å²) in [6.45, 7) is 6.57. The van der Waals surface area contributed by atoms with Gasteiger partial charge in [-0.2, -0.15) is 0 Å². The second-order valence-electron chi connectivity index (χ2n) is 5.14. The topological polar surface area (TPSA) is 54.0 Å². The Morgan fingerprint density at radius 1 is 1.44 bits per heavy atom. The lowest BCUT2D eigenvalue weighted by Gasteiger charge is -2.37. The molecule has 1 fully saturated rings. The highest BCUT2D eigenvalue weighted by Crippen LogP contribution is 2.16. The van der Waals surface area contributed by atoms with Crippen molar-refractivity contribution < 1.29 is 14.6 Å². The van der Waals surface area contributed by atoms with Crippen LogP contribution in [0, 0.1) is 5.92 Å². The third-order valence-electron chi connectivity index (χ3n) is 3.57. The molecule has 1 aliphatic heterocycles. The molecule has 0 saturated carbocycles. The molecule has 5 heteroatoms. The molecule has 5 nitrogen and oxygen atoms in total. The van der Waals surface area contributed by atoms with Crippen LogP contribution in [0.3, 0.4) is 0 Å². The first-order chi connectivity index (χ1) is 8.67. The minimum atomic E-state index is -0.403. The minimum absolute atomic E-state index is 0.393. The molecule has 0 bridgehead atoms. The van der Waals surface area contributed by atoms with Crippen molar-refractivity contribution in [1.29, 1.82) is 0 Å². The minimum Gasteiger partial charge on any atom is -0.389 e. The summed E-state index contributed by atoms with van der Waals surface area (Å²) in [5.74, 6) is 0.630. The first-order valence-corrected chi connectivity index (χ1v) is 6.81. The number of ether oxygens (including phenoxy) is 2. The SMILES string of the molecule is CNC1CCN(CC(O)COCCOC)CC1C. The molecule has 1 rings (SSSR count). The molecule has 1 saturated heterocycles. The first-order valence-electron chi connectivity index (χ1n) is 6.81. The lowest BCUT2D eigenvalue weighted by atomic mass is 9.94. The van der Waals surface area contributed by atoms with E-state index in [2.05, 4.69) is 17.1 Å². The number of rotatable bonds is 8. The summed E-state index contributed by atoms with van der Waals surface area (Å²) < 4.78 is 10.2. The molecule has 0 aromatic rings. The Hall–Kier alpha value is -0.200. The average molecular weight is 260 g/mol. The van der Waals surface area contributed by atoms with Crippen molar-refractivity contribution in [1.82, 2.24) is 10.2 Å². The number of aliphatic hydroxyl groups excluding tert-OH is 1. The van der Waals surface area contributed by atoms with Crippen LogP contribution in [0.4, 0.5) is 0 Å².